The molecule has 2 aromatic rings. The molecule has 0 aliphatic heterocycles. The monoisotopic (exact) mass is 356 g/mol. The van der Waals surface area contributed by atoms with Crippen LogP contribution in [0.2, 0.25) is 0 Å². The minimum Gasteiger partial charge on any atom is -0.496 e. The second-order valence-corrected chi connectivity index (χ2v) is 6.20. The van der Waals surface area contributed by atoms with Gasteiger partial charge < -0.3 is 9.47 Å². The van der Waals surface area contributed by atoms with E-state index < -0.39 is 5.91 Å². The number of benzene rings is 2. The summed E-state index contributed by atoms with van der Waals surface area (Å²) in [4.78, 5) is 23.9. The molecule has 6 nitrogen and oxygen atoms in total. The number of hydrazine groups is 1. The Labute approximate surface area is 153 Å². The van der Waals surface area contributed by atoms with Crippen molar-refractivity contribution in [1.82, 2.24) is 10.9 Å². The topological polar surface area (TPSA) is 76.7 Å². The predicted molar refractivity (Wildman–Crippen MR) is 99.1 cm³/mol. The van der Waals surface area contributed by atoms with E-state index in [0.717, 1.165) is 22.3 Å². The van der Waals surface area contributed by atoms with Crippen molar-refractivity contribution in [3.63, 3.8) is 0 Å². The van der Waals surface area contributed by atoms with E-state index >= 15 is 0 Å². The van der Waals surface area contributed by atoms with E-state index in [1.54, 1.807) is 7.11 Å². The number of amides is 2. The van der Waals surface area contributed by atoms with Gasteiger partial charge in [-0.25, -0.2) is 0 Å². The number of nitrogens with one attached hydrogen (secondary N) is 2. The average molecular weight is 356 g/mol. The van der Waals surface area contributed by atoms with E-state index in [2.05, 4.69) is 10.9 Å². The van der Waals surface area contributed by atoms with Crippen LogP contribution >= 0.6 is 0 Å². The van der Waals surface area contributed by atoms with Crippen LogP contribution < -0.4 is 20.3 Å². The third-order valence-electron chi connectivity index (χ3n) is 3.69. The Hall–Kier alpha value is -3.02. The van der Waals surface area contributed by atoms with Crippen LogP contribution in [-0.2, 0) is 16.0 Å². The standard InChI is InChI=1S/C20H24N2O4/c1-13-5-6-18(25-4)16(8-13)11-19(23)21-22-20(24)12-26-17-9-14(2)7-15(3)10-17/h5-10H,11-12H2,1-4H3,(H,21,23)(H,22,24). The van der Waals surface area contributed by atoms with Gasteiger partial charge in [-0.3, -0.25) is 20.4 Å². The van der Waals surface area contributed by atoms with Gasteiger partial charge in [-0.1, -0.05) is 23.8 Å². The summed E-state index contributed by atoms with van der Waals surface area (Å²) in [5, 5.41) is 0. The second kappa shape index (κ2) is 8.89. The molecule has 2 amide bonds. The summed E-state index contributed by atoms with van der Waals surface area (Å²) in [5.41, 5.74) is 8.63. The highest BCUT2D eigenvalue weighted by atomic mass is 16.5. The molecule has 26 heavy (non-hydrogen) atoms. The van der Waals surface area contributed by atoms with Gasteiger partial charge in [0.2, 0.25) is 5.91 Å². The summed E-state index contributed by atoms with van der Waals surface area (Å²) in [6, 6.07) is 11.3. The van der Waals surface area contributed by atoms with Crippen LogP contribution in [0.4, 0.5) is 0 Å². The first kappa shape index (κ1) is 19.3. The molecule has 0 heterocycles. The molecule has 0 fully saturated rings. The molecule has 0 atom stereocenters. The lowest BCUT2D eigenvalue weighted by Gasteiger charge is -2.11. The lowest BCUT2D eigenvalue weighted by atomic mass is 10.1. The zero-order valence-electron chi connectivity index (χ0n) is 15.5. The van der Waals surface area contributed by atoms with E-state index in [9.17, 15) is 9.59 Å². The van der Waals surface area contributed by atoms with E-state index in [0.29, 0.717) is 11.5 Å². The van der Waals surface area contributed by atoms with Crippen LogP contribution in [0.1, 0.15) is 22.3 Å². The van der Waals surface area contributed by atoms with Crippen molar-refractivity contribution in [3.05, 3.63) is 58.7 Å². The fourth-order valence-electron chi connectivity index (χ4n) is 2.60. The van der Waals surface area contributed by atoms with Crippen LogP contribution in [0.5, 0.6) is 11.5 Å². The molecule has 6 heteroatoms. The van der Waals surface area contributed by atoms with Crippen molar-refractivity contribution >= 4 is 11.8 Å². The minimum absolute atomic E-state index is 0.100. The molecule has 0 bridgehead atoms. The summed E-state index contributed by atoms with van der Waals surface area (Å²) >= 11 is 0. The van der Waals surface area contributed by atoms with Gasteiger partial charge in [0.1, 0.15) is 11.5 Å². The van der Waals surface area contributed by atoms with Crippen molar-refractivity contribution in [3.8, 4) is 11.5 Å². The molecular formula is C20H24N2O4. The van der Waals surface area contributed by atoms with Crippen LogP contribution in [0.25, 0.3) is 0 Å². The lowest BCUT2D eigenvalue weighted by molar-refractivity contribution is -0.129. The zero-order valence-corrected chi connectivity index (χ0v) is 15.5. The molecule has 0 saturated heterocycles. The van der Waals surface area contributed by atoms with Crippen LogP contribution in [0.15, 0.2) is 36.4 Å². The Morgan fingerprint density at radius 2 is 1.54 bits per heavy atom. The number of ether oxygens (including phenoxy) is 2. The minimum atomic E-state index is -0.436. The van der Waals surface area contributed by atoms with Gasteiger partial charge in [-0.2, -0.15) is 0 Å². The Balaban J connectivity index is 1.81. The maximum absolute atomic E-state index is 12.0. The van der Waals surface area contributed by atoms with E-state index in [1.807, 2.05) is 57.2 Å². The first-order valence-electron chi connectivity index (χ1n) is 8.29. The Morgan fingerprint density at radius 1 is 0.885 bits per heavy atom. The zero-order chi connectivity index (χ0) is 19.1. The van der Waals surface area contributed by atoms with Crippen molar-refractivity contribution in [2.45, 2.75) is 27.2 Å². The summed E-state index contributed by atoms with van der Waals surface area (Å²) < 4.78 is 10.7. The normalized spacial score (nSPS) is 10.2. The smallest absolute Gasteiger partial charge is 0.276 e. The summed E-state index contributed by atoms with van der Waals surface area (Å²) in [7, 11) is 1.55. The SMILES string of the molecule is COc1ccc(C)cc1CC(=O)NNC(=O)COc1cc(C)cc(C)c1. The largest absolute Gasteiger partial charge is 0.496 e. The molecule has 2 N–H and O–H groups in total. The van der Waals surface area contributed by atoms with E-state index in [4.69, 9.17) is 9.47 Å². The van der Waals surface area contributed by atoms with Crippen molar-refractivity contribution in [1.29, 1.82) is 0 Å². The molecule has 2 aromatic carbocycles. The number of hydrogen-bond donors (Lipinski definition) is 2. The highest BCUT2D eigenvalue weighted by Crippen LogP contribution is 2.20. The fraction of sp³-hybridized carbons (Fsp3) is 0.300. The first-order valence-corrected chi connectivity index (χ1v) is 8.29. The van der Waals surface area contributed by atoms with Crippen LogP contribution in [0, 0.1) is 20.8 Å². The third kappa shape index (κ3) is 5.81. The Morgan fingerprint density at radius 3 is 2.19 bits per heavy atom. The van der Waals surface area contributed by atoms with Gasteiger partial charge >= 0.3 is 0 Å². The van der Waals surface area contributed by atoms with Crippen molar-refractivity contribution in [2.75, 3.05) is 13.7 Å². The molecular weight excluding hydrogens is 332 g/mol. The number of carbonyl (C=O) groups is 2. The van der Waals surface area contributed by atoms with Gasteiger partial charge in [-0.05, 0) is 50.1 Å². The van der Waals surface area contributed by atoms with Crippen LogP contribution in [0.3, 0.4) is 0 Å². The summed E-state index contributed by atoms with van der Waals surface area (Å²) in [5.74, 6) is 0.478. The Bertz CT molecular complexity index is 782. The quantitative estimate of drug-likeness (QED) is 0.779. The molecule has 2 rings (SSSR count). The summed E-state index contributed by atoms with van der Waals surface area (Å²) in [6.07, 6.45) is 0.100. The van der Waals surface area contributed by atoms with Crippen LogP contribution in [-0.4, -0.2) is 25.5 Å². The Kier molecular flexibility index (Phi) is 6.60. The van der Waals surface area contributed by atoms with E-state index in [1.165, 1.54) is 0 Å². The molecule has 0 radical (unpaired) electrons. The summed E-state index contributed by atoms with van der Waals surface area (Å²) in [6.45, 7) is 5.67. The maximum atomic E-state index is 12.0. The number of carbonyl (C=O) groups excluding carboxylic acids is 2. The molecule has 138 valence electrons. The van der Waals surface area contributed by atoms with Crippen molar-refractivity contribution < 1.29 is 19.1 Å². The maximum Gasteiger partial charge on any atom is 0.276 e. The number of rotatable bonds is 6. The predicted octanol–water partition coefficient (Wildman–Crippen LogP) is 2.39. The molecule has 0 spiro atoms. The molecule has 0 aromatic heterocycles. The second-order valence-electron chi connectivity index (χ2n) is 6.20. The highest BCUT2D eigenvalue weighted by Gasteiger charge is 2.10. The lowest BCUT2D eigenvalue weighted by Crippen LogP contribution is -2.44. The molecule has 0 aliphatic rings. The van der Waals surface area contributed by atoms with Gasteiger partial charge in [0.25, 0.3) is 5.91 Å². The number of hydrogen-bond acceptors (Lipinski definition) is 4. The average Bonchev–Trinajstić information content (AvgIpc) is 2.57. The van der Waals surface area contributed by atoms with Gasteiger partial charge in [-0.15, -0.1) is 0 Å². The van der Waals surface area contributed by atoms with Gasteiger partial charge in [0.05, 0.1) is 13.5 Å². The van der Waals surface area contributed by atoms with Crippen molar-refractivity contribution in [2.24, 2.45) is 0 Å². The number of methoxy groups -OCH3 is 1. The van der Waals surface area contributed by atoms with E-state index in [-0.39, 0.29) is 18.9 Å². The third-order valence-corrected chi connectivity index (χ3v) is 3.69. The van der Waals surface area contributed by atoms with Gasteiger partial charge in [0, 0.05) is 5.56 Å². The highest BCUT2D eigenvalue weighted by molar-refractivity contribution is 5.84. The van der Waals surface area contributed by atoms with Gasteiger partial charge in [0.15, 0.2) is 6.61 Å². The molecule has 0 unspecified atom stereocenters. The molecule has 0 aliphatic carbocycles. The number of aryl methyl sites for hydroxylation is 3. The molecule has 0 saturated carbocycles. The first-order chi connectivity index (χ1) is 12.4. The fourth-order valence-corrected chi connectivity index (χ4v) is 2.60.